The van der Waals surface area contributed by atoms with Gasteiger partial charge in [-0.2, -0.15) is 5.10 Å². The number of hydrogen-bond acceptors (Lipinski definition) is 5. The zero-order chi connectivity index (χ0) is 15.5. The van der Waals surface area contributed by atoms with Crippen LogP contribution < -0.4 is 10.6 Å². The summed E-state index contributed by atoms with van der Waals surface area (Å²) in [5, 5.41) is 4.51. The minimum absolute atomic E-state index is 0.262. The van der Waals surface area contributed by atoms with E-state index in [2.05, 4.69) is 27.2 Å². The molecule has 6 nitrogen and oxygen atoms in total. The van der Waals surface area contributed by atoms with E-state index in [1.807, 2.05) is 54.1 Å². The minimum Gasteiger partial charge on any atom is -0.368 e. The maximum atomic E-state index is 5.69. The lowest BCUT2D eigenvalue weighted by Crippen LogP contribution is -2.16. The molecule has 0 saturated heterocycles. The Morgan fingerprint density at radius 3 is 2.59 bits per heavy atom. The predicted molar refractivity (Wildman–Crippen MR) is 87.5 cm³/mol. The van der Waals surface area contributed by atoms with Crippen LogP contribution in [0.5, 0.6) is 0 Å². The zero-order valence-corrected chi connectivity index (χ0v) is 12.6. The Hall–Kier alpha value is -2.89. The van der Waals surface area contributed by atoms with E-state index in [4.69, 9.17) is 5.73 Å². The van der Waals surface area contributed by atoms with E-state index in [0.29, 0.717) is 6.54 Å². The Kier molecular flexibility index (Phi) is 3.74. The molecule has 2 heterocycles. The molecule has 1 aromatic carbocycles. The van der Waals surface area contributed by atoms with Gasteiger partial charge in [-0.1, -0.05) is 30.3 Å². The van der Waals surface area contributed by atoms with Gasteiger partial charge in [-0.3, -0.25) is 0 Å². The van der Waals surface area contributed by atoms with E-state index < -0.39 is 0 Å². The van der Waals surface area contributed by atoms with Crippen LogP contribution in [-0.2, 0) is 6.54 Å². The van der Waals surface area contributed by atoms with Gasteiger partial charge >= 0.3 is 0 Å². The van der Waals surface area contributed by atoms with Gasteiger partial charge in [0.1, 0.15) is 5.82 Å². The molecule has 0 aliphatic rings. The Bertz CT molecular complexity index is 763. The third-order valence-electron chi connectivity index (χ3n) is 3.36. The fourth-order valence-electron chi connectivity index (χ4n) is 2.43. The number of benzene rings is 1. The van der Waals surface area contributed by atoms with Crippen molar-refractivity contribution in [3.63, 3.8) is 0 Å². The average molecular weight is 294 g/mol. The van der Waals surface area contributed by atoms with Crippen LogP contribution in [0, 0.1) is 0 Å². The molecule has 0 bridgehead atoms. The van der Waals surface area contributed by atoms with Gasteiger partial charge in [-0.05, 0) is 11.6 Å². The van der Waals surface area contributed by atoms with Gasteiger partial charge in [0.25, 0.3) is 0 Å². The highest BCUT2D eigenvalue weighted by molar-refractivity contribution is 5.73. The first-order valence-corrected chi connectivity index (χ1v) is 7.01. The predicted octanol–water partition coefficient (Wildman–Crippen LogP) is 2.04. The summed E-state index contributed by atoms with van der Waals surface area (Å²) in [6.07, 6.45) is 3.48. The van der Waals surface area contributed by atoms with Crippen LogP contribution in [0.25, 0.3) is 11.3 Å². The van der Waals surface area contributed by atoms with Gasteiger partial charge in [-0.25, -0.2) is 14.6 Å². The van der Waals surface area contributed by atoms with Gasteiger partial charge in [0.2, 0.25) is 5.95 Å². The molecule has 0 aliphatic carbocycles. The quantitative estimate of drug-likeness (QED) is 0.797. The second-order valence-corrected chi connectivity index (χ2v) is 5.22. The smallest absolute Gasteiger partial charge is 0.220 e. The lowest BCUT2D eigenvalue weighted by molar-refractivity contribution is 0.680. The van der Waals surface area contributed by atoms with E-state index in [1.165, 1.54) is 5.56 Å². The summed E-state index contributed by atoms with van der Waals surface area (Å²) in [5.74, 6) is 1.25. The highest BCUT2D eigenvalue weighted by Gasteiger charge is 2.16. The second kappa shape index (κ2) is 5.85. The molecule has 0 saturated carbocycles. The van der Waals surface area contributed by atoms with E-state index in [0.717, 1.165) is 17.1 Å². The van der Waals surface area contributed by atoms with E-state index in [-0.39, 0.29) is 5.95 Å². The van der Waals surface area contributed by atoms with Crippen LogP contribution in [-0.4, -0.2) is 33.8 Å². The molecule has 2 N–H and O–H groups in total. The zero-order valence-electron chi connectivity index (χ0n) is 12.6. The Morgan fingerprint density at radius 2 is 1.91 bits per heavy atom. The van der Waals surface area contributed by atoms with Crippen molar-refractivity contribution in [2.75, 3.05) is 24.7 Å². The van der Waals surface area contributed by atoms with Gasteiger partial charge in [-0.15, -0.1) is 0 Å². The summed E-state index contributed by atoms with van der Waals surface area (Å²) in [4.78, 5) is 10.3. The average Bonchev–Trinajstić information content (AvgIpc) is 2.92. The number of nitrogens with two attached hydrogens (primary N) is 1. The van der Waals surface area contributed by atoms with Crippen LogP contribution in [0.15, 0.2) is 48.8 Å². The molecule has 3 aromatic rings. The topological polar surface area (TPSA) is 72.9 Å². The van der Waals surface area contributed by atoms with Crippen molar-refractivity contribution in [2.24, 2.45) is 0 Å². The first-order chi connectivity index (χ1) is 10.6. The molecule has 0 amide bonds. The summed E-state index contributed by atoms with van der Waals surface area (Å²) >= 11 is 0. The van der Waals surface area contributed by atoms with Crippen molar-refractivity contribution in [3.8, 4) is 11.3 Å². The molecule has 0 spiro atoms. The summed E-state index contributed by atoms with van der Waals surface area (Å²) in [5.41, 5.74) is 8.60. The van der Waals surface area contributed by atoms with Gasteiger partial charge in [0.15, 0.2) is 0 Å². The van der Waals surface area contributed by atoms with Crippen molar-refractivity contribution in [3.05, 3.63) is 54.4 Å². The van der Waals surface area contributed by atoms with Crippen molar-refractivity contribution >= 4 is 11.8 Å². The molecule has 0 aliphatic heterocycles. The maximum absolute atomic E-state index is 5.69. The van der Waals surface area contributed by atoms with Crippen LogP contribution >= 0.6 is 0 Å². The van der Waals surface area contributed by atoms with Crippen molar-refractivity contribution in [2.45, 2.75) is 6.54 Å². The Balaban J connectivity index is 2.02. The minimum atomic E-state index is 0.262. The molecular weight excluding hydrogens is 276 g/mol. The summed E-state index contributed by atoms with van der Waals surface area (Å²) < 4.78 is 1.96. The normalized spacial score (nSPS) is 10.6. The van der Waals surface area contributed by atoms with Gasteiger partial charge in [0.05, 0.1) is 24.0 Å². The number of nitrogen functional groups attached to an aromatic ring is 1. The van der Waals surface area contributed by atoms with Gasteiger partial charge in [0, 0.05) is 20.3 Å². The van der Waals surface area contributed by atoms with Crippen molar-refractivity contribution in [1.82, 2.24) is 19.7 Å². The first kappa shape index (κ1) is 14.1. The summed E-state index contributed by atoms with van der Waals surface area (Å²) in [6, 6.07) is 12.1. The second-order valence-electron chi connectivity index (χ2n) is 5.22. The van der Waals surface area contributed by atoms with Crippen LogP contribution in [0.2, 0.25) is 0 Å². The van der Waals surface area contributed by atoms with Crippen LogP contribution in [0.4, 0.5) is 11.8 Å². The molecular formula is C16H18N6. The maximum Gasteiger partial charge on any atom is 0.220 e. The Morgan fingerprint density at radius 1 is 1.14 bits per heavy atom. The third-order valence-corrected chi connectivity index (χ3v) is 3.36. The Labute approximate surface area is 129 Å². The fraction of sp³-hybridized carbons (Fsp3) is 0.188. The van der Waals surface area contributed by atoms with E-state index in [1.54, 1.807) is 6.20 Å². The summed E-state index contributed by atoms with van der Waals surface area (Å²) in [7, 11) is 3.99. The molecule has 2 aromatic heterocycles. The SMILES string of the molecule is CN(C)c1c(-c2ccnc(N)n2)cnn1Cc1ccccc1. The standard InChI is InChI=1S/C16H18N6/c1-21(2)15-13(14-8-9-18-16(17)20-14)10-19-22(15)11-12-6-4-3-5-7-12/h3-10H,11H2,1-2H3,(H2,17,18,20). The number of rotatable bonds is 4. The molecule has 22 heavy (non-hydrogen) atoms. The van der Waals surface area contributed by atoms with Crippen molar-refractivity contribution in [1.29, 1.82) is 0 Å². The summed E-state index contributed by atoms with van der Waals surface area (Å²) in [6.45, 7) is 0.703. The molecule has 0 fully saturated rings. The van der Waals surface area contributed by atoms with Crippen LogP contribution in [0.1, 0.15) is 5.56 Å². The molecule has 0 unspecified atom stereocenters. The number of hydrogen-bond donors (Lipinski definition) is 1. The van der Waals surface area contributed by atoms with E-state index >= 15 is 0 Å². The molecule has 112 valence electrons. The lowest BCUT2D eigenvalue weighted by atomic mass is 10.2. The molecule has 0 radical (unpaired) electrons. The van der Waals surface area contributed by atoms with Crippen LogP contribution in [0.3, 0.4) is 0 Å². The van der Waals surface area contributed by atoms with E-state index in [9.17, 15) is 0 Å². The molecule has 0 atom stereocenters. The molecule has 6 heteroatoms. The lowest BCUT2D eigenvalue weighted by Gasteiger charge is -2.17. The fourth-order valence-corrected chi connectivity index (χ4v) is 2.43. The molecule has 3 rings (SSSR count). The van der Waals surface area contributed by atoms with Crippen molar-refractivity contribution < 1.29 is 0 Å². The highest BCUT2D eigenvalue weighted by atomic mass is 15.4. The van der Waals surface area contributed by atoms with Gasteiger partial charge < -0.3 is 10.6 Å². The highest BCUT2D eigenvalue weighted by Crippen LogP contribution is 2.29. The largest absolute Gasteiger partial charge is 0.368 e. The third kappa shape index (κ3) is 2.76. The number of nitrogens with zero attached hydrogens (tertiary/aromatic N) is 5. The monoisotopic (exact) mass is 294 g/mol. The number of anilines is 2. The first-order valence-electron chi connectivity index (χ1n) is 7.01. The number of aromatic nitrogens is 4.